The summed E-state index contributed by atoms with van der Waals surface area (Å²) in [4.78, 5) is 5.25. The fraction of sp³-hybridized carbons (Fsp3) is 0.0784. The number of para-hydroxylation sites is 3. The lowest BCUT2D eigenvalue weighted by Crippen LogP contribution is -2.54. The number of furan rings is 1. The predicted molar refractivity (Wildman–Crippen MR) is 239 cm³/mol. The number of rotatable bonds is 5. The molecule has 3 atom stereocenters. The monoisotopic (exact) mass is 752 g/mol. The molecule has 0 fully saturated rings. The third-order valence-electron chi connectivity index (χ3n) is 11.8. The average Bonchev–Trinajstić information content (AvgIpc) is 3.96. The van der Waals surface area contributed by atoms with Crippen LogP contribution < -0.4 is 10.6 Å². The minimum absolute atomic E-state index is 0.0494. The first-order valence-corrected chi connectivity index (χ1v) is 20.5. The van der Waals surface area contributed by atoms with Crippen molar-refractivity contribution in [2.24, 2.45) is 10.9 Å². The highest BCUT2D eigenvalue weighted by molar-refractivity contribution is 7.26. The Morgan fingerprint density at radius 1 is 0.632 bits per heavy atom. The van der Waals surface area contributed by atoms with Gasteiger partial charge in [0.2, 0.25) is 0 Å². The fourth-order valence-corrected chi connectivity index (χ4v) is 10.4. The molecule has 12 rings (SSSR count). The number of fused-ring (bicyclic) bond motifs is 9. The SMILES string of the molecule is C1=CCC(C2NC(c3ccccc3)=NC(c3ccc4c(c3)sc3cccc(-c5cccc6c5oc5cccc(-n7c8ccccc8c8ccccc87)c56)c34)N2)C=C1. The highest BCUT2D eigenvalue weighted by atomic mass is 32.1. The Labute approximate surface area is 332 Å². The molecular formula is C51H36N4OS. The second kappa shape index (κ2) is 12.9. The fourth-order valence-electron chi connectivity index (χ4n) is 9.21. The van der Waals surface area contributed by atoms with Crippen LogP contribution in [0.4, 0.5) is 0 Å². The molecule has 4 heterocycles. The van der Waals surface area contributed by atoms with Gasteiger partial charge in [-0.2, -0.15) is 0 Å². The number of aliphatic imine (C=N–C) groups is 1. The van der Waals surface area contributed by atoms with E-state index >= 15 is 0 Å². The highest BCUT2D eigenvalue weighted by Crippen LogP contribution is 2.46. The maximum absolute atomic E-state index is 6.90. The Balaban J connectivity index is 0.995. The van der Waals surface area contributed by atoms with Crippen LogP contribution in [0.1, 0.15) is 23.7 Å². The lowest BCUT2D eigenvalue weighted by atomic mass is 9.95. The lowest BCUT2D eigenvalue weighted by molar-refractivity contribution is 0.328. The van der Waals surface area contributed by atoms with E-state index in [2.05, 4.69) is 191 Å². The number of thiophene rings is 1. The van der Waals surface area contributed by atoms with E-state index in [-0.39, 0.29) is 12.3 Å². The molecule has 2 N–H and O–H groups in total. The molecule has 0 saturated carbocycles. The van der Waals surface area contributed by atoms with E-state index in [1.807, 2.05) is 11.3 Å². The van der Waals surface area contributed by atoms with Gasteiger partial charge in [0, 0.05) is 53.4 Å². The summed E-state index contributed by atoms with van der Waals surface area (Å²) in [5.41, 5.74) is 9.81. The number of nitrogens with zero attached hydrogens (tertiary/aromatic N) is 2. The molecule has 0 saturated heterocycles. The third kappa shape index (κ3) is 5.15. The van der Waals surface area contributed by atoms with Crippen LogP contribution in [0.2, 0.25) is 0 Å². The Hall–Kier alpha value is -6.73. The minimum Gasteiger partial charge on any atom is -0.455 e. The van der Waals surface area contributed by atoms with Crippen molar-refractivity contribution < 1.29 is 4.42 Å². The van der Waals surface area contributed by atoms with Crippen molar-refractivity contribution in [3.05, 3.63) is 187 Å². The van der Waals surface area contributed by atoms with Crippen molar-refractivity contribution in [3.63, 3.8) is 0 Å². The van der Waals surface area contributed by atoms with Gasteiger partial charge in [0.15, 0.2) is 0 Å². The van der Waals surface area contributed by atoms with Crippen LogP contribution in [-0.2, 0) is 0 Å². The van der Waals surface area contributed by atoms with Crippen LogP contribution in [0.3, 0.4) is 0 Å². The average molecular weight is 753 g/mol. The second-order valence-electron chi connectivity index (χ2n) is 15.1. The Kier molecular flexibility index (Phi) is 7.37. The molecule has 3 aromatic heterocycles. The summed E-state index contributed by atoms with van der Waals surface area (Å²) in [6.07, 6.45) is 9.66. The van der Waals surface area contributed by atoms with E-state index in [1.54, 1.807) is 0 Å². The molecule has 6 heteroatoms. The van der Waals surface area contributed by atoms with Crippen LogP contribution >= 0.6 is 11.3 Å². The Morgan fingerprint density at radius 2 is 1.39 bits per heavy atom. The molecule has 57 heavy (non-hydrogen) atoms. The van der Waals surface area contributed by atoms with Crippen LogP contribution in [0, 0.1) is 5.92 Å². The van der Waals surface area contributed by atoms with Gasteiger partial charge in [-0.1, -0.05) is 140 Å². The molecule has 1 aliphatic carbocycles. The standard InChI is InChI=1S/C51H36N4OS/c1-3-14-31(15-4-1)49-52-50(32-16-5-2-6-17-32)54-51(53-49)33-28-29-38-45(30-33)57-44-27-12-20-36(46(38)44)37-21-11-22-39-47-42(25-13-26-43(47)56-48(37)39)55-40-23-9-7-18-34(40)35-19-8-10-24-41(35)55/h1-16,18-30,32,50-51,54H,17H2,(H,52,53). The van der Waals surface area contributed by atoms with Crippen molar-refractivity contribution in [2.45, 2.75) is 18.8 Å². The van der Waals surface area contributed by atoms with E-state index in [4.69, 9.17) is 9.41 Å². The van der Waals surface area contributed by atoms with Gasteiger partial charge < -0.3 is 14.3 Å². The zero-order valence-electron chi connectivity index (χ0n) is 30.9. The molecule has 0 spiro atoms. The largest absolute Gasteiger partial charge is 0.455 e. The summed E-state index contributed by atoms with van der Waals surface area (Å²) in [7, 11) is 0. The quantitative estimate of drug-likeness (QED) is 0.184. The third-order valence-corrected chi connectivity index (χ3v) is 12.9. The van der Waals surface area contributed by atoms with Gasteiger partial charge in [-0.3, -0.25) is 5.32 Å². The predicted octanol–water partition coefficient (Wildman–Crippen LogP) is 12.8. The maximum Gasteiger partial charge on any atom is 0.143 e. The van der Waals surface area contributed by atoms with Crippen molar-refractivity contribution >= 4 is 81.1 Å². The molecule has 272 valence electrons. The number of hydrogen-bond acceptors (Lipinski definition) is 5. The lowest BCUT2D eigenvalue weighted by Gasteiger charge is -2.35. The summed E-state index contributed by atoms with van der Waals surface area (Å²) < 4.78 is 11.8. The normalized spacial score (nSPS) is 18.3. The molecule has 5 nitrogen and oxygen atoms in total. The Bertz CT molecular complexity index is 3260. The van der Waals surface area contributed by atoms with E-state index in [1.165, 1.54) is 47.5 Å². The summed E-state index contributed by atoms with van der Waals surface area (Å²) in [5, 5.41) is 14.8. The molecule has 0 radical (unpaired) electrons. The first-order chi connectivity index (χ1) is 28.3. The van der Waals surface area contributed by atoms with Gasteiger partial charge in [0.1, 0.15) is 23.2 Å². The van der Waals surface area contributed by atoms with Crippen LogP contribution in [0.25, 0.3) is 80.7 Å². The number of aromatic nitrogens is 1. The van der Waals surface area contributed by atoms with Crippen molar-refractivity contribution in [1.29, 1.82) is 0 Å². The zero-order chi connectivity index (χ0) is 37.5. The first-order valence-electron chi connectivity index (χ1n) is 19.6. The molecule has 0 amide bonds. The van der Waals surface area contributed by atoms with Crippen LogP contribution in [-0.4, -0.2) is 16.6 Å². The highest BCUT2D eigenvalue weighted by Gasteiger charge is 2.29. The number of allylic oxidation sites excluding steroid dienone is 3. The summed E-state index contributed by atoms with van der Waals surface area (Å²) in [5.74, 6) is 1.24. The number of amidine groups is 1. The zero-order valence-corrected chi connectivity index (χ0v) is 31.7. The topological polar surface area (TPSA) is 54.5 Å². The molecule has 10 aromatic rings. The van der Waals surface area contributed by atoms with Crippen LogP contribution in [0.15, 0.2) is 185 Å². The van der Waals surface area contributed by atoms with Gasteiger partial charge >= 0.3 is 0 Å². The van der Waals surface area contributed by atoms with E-state index in [9.17, 15) is 0 Å². The molecule has 2 aliphatic rings. The smallest absolute Gasteiger partial charge is 0.143 e. The van der Waals surface area contributed by atoms with E-state index in [0.717, 1.165) is 56.6 Å². The summed E-state index contributed by atoms with van der Waals surface area (Å²) in [6.45, 7) is 0. The molecule has 7 aromatic carbocycles. The van der Waals surface area contributed by atoms with Gasteiger partial charge in [0.25, 0.3) is 0 Å². The maximum atomic E-state index is 6.90. The van der Waals surface area contributed by atoms with Crippen molar-refractivity contribution in [1.82, 2.24) is 15.2 Å². The number of nitrogens with one attached hydrogen (secondary N) is 2. The summed E-state index contributed by atoms with van der Waals surface area (Å²) >= 11 is 1.84. The van der Waals surface area contributed by atoms with Gasteiger partial charge in [-0.05, 0) is 53.9 Å². The molecule has 1 aliphatic heterocycles. The number of benzene rings is 7. The Morgan fingerprint density at radius 3 is 2.21 bits per heavy atom. The van der Waals surface area contributed by atoms with E-state index in [0.29, 0.717) is 5.92 Å². The van der Waals surface area contributed by atoms with Crippen molar-refractivity contribution in [2.75, 3.05) is 0 Å². The van der Waals surface area contributed by atoms with Gasteiger partial charge in [-0.15, -0.1) is 11.3 Å². The van der Waals surface area contributed by atoms with Gasteiger partial charge in [-0.25, -0.2) is 4.99 Å². The summed E-state index contributed by atoms with van der Waals surface area (Å²) in [6, 6.07) is 54.5. The minimum atomic E-state index is -0.187. The molecular weight excluding hydrogens is 717 g/mol. The van der Waals surface area contributed by atoms with Gasteiger partial charge in [0.05, 0.1) is 28.3 Å². The first kappa shape index (κ1) is 32.5. The van der Waals surface area contributed by atoms with Crippen molar-refractivity contribution in [3.8, 4) is 16.8 Å². The second-order valence-corrected chi connectivity index (χ2v) is 16.2. The van der Waals surface area contributed by atoms with E-state index < -0.39 is 0 Å². The number of hydrogen-bond donors (Lipinski definition) is 2. The molecule has 0 bridgehead atoms. The molecule has 3 unspecified atom stereocenters. The van der Waals surface area contributed by atoms with Crippen LogP contribution in [0.5, 0.6) is 0 Å².